The molecule has 0 radical (unpaired) electrons. The van der Waals surface area contributed by atoms with Gasteiger partial charge in [-0.05, 0) is 294 Å². The number of aliphatic hydroxyl groups excluding tert-OH is 9. The van der Waals surface area contributed by atoms with E-state index in [1.807, 2.05) is 284 Å². The van der Waals surface area contributed by atoms with Crippen LogP contribution in [0.4, 0.5) is 0 Å². The molecule has 0 aliphatic carbocycles. The van der Waals surface area contributed by atoms with Gasteiger partial charge in [-0.15, -0.1) is 19.3 Å². The molecule has 3 unspecified atom stereocenters. The Hall–Kier alpha value is -2.93. The molecule has 9 N–H and O–H groups in total. The highest BCUT2D eigenvalue weighted by Crippen LogP contribution is 2.15. The summed E-state index contributed by atoms with van der Waals surface area (Å²) in [6.07, 6.45) is 16.8. The molecule has 133 heavy (non-hydrogen) atoms. The summed E-state index contributed by atoms with van der Waals surface area (Å²) in [6, 6.07) is 0. The Morgan fingerprint density at radius 1 is 0.226 bits per heavy atom. The normalized spacial score (nSPS) is 13.7. The SMILES string of the molecule is C#CC(O)COC(C)(C)C.C#C[C@@H](O)COC(C)(C)C.C#C[C@H](O)COC(C)(C)C.CC(=O)OCCOC(C)(C)C.CC(C)(C)OCCOCCOCCO.CCC(O)COC(C)(C)C.CCC(O)COC(C)(C)C.CCCOCCOCCOC(C)(C)C.CCCOCCOCCOC(C)(C)C.CC[C@@H](O)COC(C)(C)C.CC[C@H](O)COC(C)(C)C.CC[C@H](O)COC(C)(C)C. The molecule has 0 aromatic heterocycles. The molecule has 0 fully saturated rings. The van der Waals surface area contributed by atoms with Crippen LogP contribution in [0.15, 0.2) is 0 Å². The number of aliphatic hydroxyl groups is 9. The lowest BCUT2D eigenvalue weighted by Gasteiger charge is -2.21. The Morgan fingerprint density at radius 2 is 0.368 bits per heavy atom. The van der Waals surface area contributed by atoms with Gasteiger partial charge in [0.1, 0.15) is 24.9 Å². The topological polar surface area (TPSA) is 375 Å². The summed E-state index contributed by atoms with van der Waals surface area (Å²) in [5.74, 6) is 6.24. The highest BCUT2D eigenvalue weighted by atomic mass is 16.6. The van der Waals surface area contributed by atoms with E-state index in [0.29, 0.717) is 132 Å². The van der Waals surface area contributed by atoms with Crippen LogP contribution in [0.2, 0.25) is 0 Å². The number of carbonyl (C=O) groups is 1. The minimum absolute atomic E-state index is 0.0626. The van der Waals surface area contributed by atoms with Crippen molar-refractivity contribution in [1.82, 2.24) is 0 Å². The largest absolute Gasteiger partial charge is 0.463 e. The molecule has 808 valence electrons. The van der Waals surface area contributed by atoms with Crippen LogP contribution in [0.3, 0.4) is 0 Å². The molecule has 0 saturated heterocycles. The lowest BCUT2D eigenvalue weighted by molar-refractivity contribution is -0.144. The van der Waals surface area contributed by atoms with E-state index in [-0.39, 0.29) is 130 Å². The number of hydrogen-bond donors (Lipinski definition) is 9. The fourth-order valence-electron chi connectivity index (χ4n) is 6.52. The second kappa shape index (κ2) is 92.8. The van der Waals surface area contributed by atoms with Crippen LogP contribution in [0.5, 0.6) is 0 Å². The molecule has 0 aromatic rings. The zero-order valence-electron chi connectivity index (χ0n) is 93.9. The first kappa shape index (κ1) is 155. The summed E-state index contributed by atoms with van der Waals surface area (Å²) < 4.78 is 100. The minimum Gasteiger partial charge on any atom is -0.463 e. The molecule has 8 atom stereocenters. The Balaban J connectivity index is -0.000000120. The van der Waals surface area contributed by atoms with Crippen molar-refractivity contribution in [3.63, 3.8) is 0 Å². The number of rotatable bonds is 48. The third-order valence-electron chi connectivity index (χ3n) is 13.8. The van der Waals surface area contributed by atoms with Crippen molar-refractivity contribution in [3.8, 4) is 37.0 Å². The van der Waals surface area contributed by atoms with Gasteiger partial charge in [-0.1, -0.05) is 66.2 Å². The average Bonchev–Trinajstić information content (AvgIpc) is 0.976. The average molecular weight is 1930 g/mol. The van der Waals surface area contributed by atoms with Crippen molar-refractivity contribution in [2.24, 2.45) is 0 Å². The molecule has 0 aliphatic rings. The molecule has 0 amide bonds. The molecule has 0 aromatic carbocycles. The van der Waals surface area contributed by atoms with E-state index in [1.54, 1.807) is 0 Å². The van der Waals surface area contributed by atoms with Crippen molar-refractivity contribution in [1.29, 1.82) is 0 Å². The van der Waals surface area contributed by atoms with Crippen LogP contribution in [0.25, 0.3) is 0 Å². The number of terminal acetylenes is 3. The first-order valence-corrected chi connectivity index (χ1v) is 47.9. The third-order valence-corrected chi connectivity index (χ3v) is 13.8. The van der Waals surface area contributed by atoms with Gasteiger partial charge < -0.3 is 136 Å². The van der Waals surface area contributed by atoms with E-state index >= 15 is 0 Å². The highest BCUT2D eigenvalue weighted by molar-refractivity contribution is 5.65. The second-order valence-electron chi connectivity index (χ2n) is 42.3. The van der Waals surface area contributed by atoms with Gasteiger partial charge in [0.05, 0.1) is 250 Å². The van der Waals surface area contributed by atoms with Gasteiger partial charge in [0.2, 0.25) is 0 Å². The Kier molecular flexibility index (Phi) is 108. The van der Waals surface area contributed by atoms with Crippen molar-refractivity contribution in [2.75, 3.05) is 172 Å². The van der Waals surface area contributed by atoms with E-state index in [9.17, 15) is 4.79 Å². The fourth-order valence-corrected chi connectivity index (χ4v) is 6.52. The van der Waals surface area contributed by atoms with Crippen molar-refractivity contribution in [2.45, 2.75) is 466 Å². The number of esters is 1. The first-order valence-electron chi connectivity index (χ1n) is 47.9. The minimum atomic E-state index is -0.778. The summed E-state index contributed by atoms with van der Waals surface area (Å²) >= 11 is 0. The number of carbonyl (C=O) groups excluding carboxylic acids is 1. The molecule has 0 spiro atoms. The van der Waals surface area contributed by atoms with Gasteiger partial charge in [-0.25, -0.2) is 0 Å². The summed E-state index contributed by atoms with van der Waals surface area (Å²) in [5.41, 5.74) is -1.71. The Morgan fingerprint density at radius 3 is 0.504 bits per heavy atom. The van der Waals surface area contributed by atoms with Crippen LogP contribution < -0.4 is 0 Å². The van der Waals surface area contributed by atoms with Crippen molar-refractivity contribution < 1.29 is 141 Å². The van der Waals surface area contributed by atoms with Gasteiger partial charge in [0.15, 0.2) is 0 Å². The van der Waals surface area contributed by atoms with E-state index < -0.39 is 18.3 Å². The van der Waals surface area contributed by atoms with Crippen LogP contribution in [-0.2, 0) is 94.8 Å². The summed E-state index contributed by atoms with van der Waals surface area (Å²) in [6.45, 7) is 99.6. The molecular formula is C104H218O29. The lowest BCUT2D eigenvalue weighted by Crippen LogP contribution is -2.25. The predicted molar refractivity (Wildman–Crippen MR) is 544 cm³/mol. The highest BCUT2D eigenvalue weighted by Gasteiger charge is 2.20. The fraction of sp³-hybridized carbons (Fsp3) is 0.933. The molecule has 0 bridgehead atoms. The van der Waals surface area contributed by atoms with E-state index in [0.717, 1.165) is 58.2 Å². The van der Waals surface area contributed by atoms with E-state index in [1.165, 1.54) is 6.92 Å². The van der Waals surface area contributed by atoms with E-state index in [4.69, 9.17) is 150 Å². The van der Waals surface area contributed by atoms with Gasteiger partial charge in [0.25, 0.3) is 0 Å². The molecule has 0 saturated carbocycles. The third kappa shape index (κ3) is 200. The quantitative estimate of drug-likeness (QED) is 0.0155. The molecule has 29 nitrogen and oxygen atoms in total. The van der Waals surface area contributed by atoms with Gasteiger partial charge >= 0.3 is 5.97 Å². The van der Waals surface area contributed by atoms with Gasteiger partial charge in [-0.3, -0.25) is 4.79 Å². The summed E-state index contributed by atoms with van der Waals surface area (Å²) in [5, 5.41) is 80.5. The maximum atomic E-state index is 10.3. The number of hydrogen-bond acceptors (Lipinski definition) is 29. The van der Waals surface area contributed by atoms with Crippen LogP contribution >= 0.6 is 0 Å². The zero-order chi connectivity index (χ0) is 107. The molecule has 0 heterocycles. The molecule has 0 rings (SSSR count). The zero-order valence-corrected chi connectivity index (χ0v) is 93.9. The predicted octanol–water partition coefficient (Wildman–Crippen LogP) is 16.9. The molecular weight excluding hydrogens is 1710 g/mol. The standard InChI is InChI=1S/2C11H24O3.C10H22O4.C8H16O3.5C8H18O2.3C8H14O2/c2*1-5-6-12-7-8-13-9-10-14-11(2,3)4;1-10(2,3)14-9-8-13-7-6-12-5-4-11;1-7(9)10-5-6-11-8(2,3)4;8*1-5-7(9)6-10-8(2,3)4/h2*5-10H2,1-4H3;11H,4-9H2,1-3H3;5-6H2,1-4H3;5*7,9H,5-6H2,1-4H3;3*1,7,9H,6H2,2-4H3/t;;;;3*7-;;;2*7-;/m....100..10./s1. The summed E-state index contributed by atoms with van der Waals surface area (Å²) in [4.78, 5) is 10.3. The Labute approximate surface area is 817 Å². The van der Waals surface area contributed by atoms with Crippen LogP contribution in [-0.4, -0.2) is 340 Å². The number of ether oxygens (including phenoxy) is 19. The second-order valence-corrected chi connectivity index (χ2v) is 42.3. The van der Waals surface area contributed by atoms with Gasteiger partial charge in [-0.2, -0.15) is 0 Å². The molecule has 29 heteroatoms. The summed E-state index contributed by atoms with van der Waals surface area (Å²) in [7, 11) is 0. The maximum Gasteiger partial charge on any atom is 0.302 e. The lowest BCUT2D eigenvalue weighted by atomic mass is 10.2. The monoisotopic (exact) mass is 1930 g/mol. The smallest absolute Gasteiger partial charge is 0.302 e. The van der Waals surface area contributed by atoms with Crippen molar-refractivity contribution in [3.05, 3.63) is 0 Å². The first-order chi connectivity index (χ1) is 60.2. The van der Waals surface area contributed by atoms with Crippen LogP contribution in [0, 0.1) is 37.0 Å². The molecule has 0 aliphatic heterocycles. The maximum absolute atomic E-state index is 10.3. The van der Waals surface area contributed by atoms with Gasteiger partial charge in [0, 0.05) is 20.1 Å². The Bertz CT molecular complexity index is 2220. The van der Waals surface area contributed by atoms with Crippen LogP contribution in [0.1, 0.15) is 350 Å². The van der Waals surface area contributed by atoms with E-state index in [2.05, 4.69) is 36.3 Å². The van der Waals surface area contributed by atoms with Crippen molar-refractivity contribution >= 4 is 5.97 Å².